The van der Waals surface area contributed by atoms with Gasteiger partial charge in [0, 0.05) is 5.92 Å². The van der Waals surface area contributed by atoms with Gasteiger partial charge in [0.15, 0.2) is 0 Å². The second kappa shape index (κ2) is 3.63. The molecule has 5 atom stereocenters. The molecule has 17 heavy (non-hydrogen) atoms. The first-order valence-corrected chi connectivity index (χ1v) is 6.82. The zero-order valence-electron chi connectivity index (χ0n) is 9.96. The molecule has 0 aromatic heterocycles. The van der Waals surface area contributed by atoms with Crippen LogP contribution in [0.1, 0.15) is 19.3 Å². The van der Waals surface area contributed by atoms with E-state index in [-0.39, 0.29) is 0 Å². The average Bonchev–Trinajstić information content (AvgIpc) is 2.31. The van der Waals surface area contributed by atoms with Crippen LogP contribution >= 0.6 is 0 Å². The van der Waals surface area contributed by atoms with E-state index < -0.39 is 0 Å². The zero-order valence-corrected chi connectivity index (χ0v) is 9.96. The fourth-order valence-electron chi connectivity index (χ4n) is 4.05. The highest BCUT2D eigenvalue weighted by molar-refractivity contribution is 5.23. The number of ether oxygens (including phenoxy) is 1. The van der Waals surface area contributed by atoms with Gasteiger partial charge in [0.2, 0.25) is 0 Å². The van der Waals surface area contributed by atoms with E-state index in [1.54, 1.807) is 0 Å². The number of allylic oxidation sites excluding steroid dienone is 2. The van der Waals surface area contributed by atoms with Crippen molar-refractivity contribution in [2.75, 3.05) is 0 Å². The Labute approximate surface area is 102 Å². The van der Waals surface area contributed by atoms with Crippen molar-refractivity contribution in [3.05, 3.63) is 42.5 Å². The Balaban J connectivity index is 1.55. The number of fused-ring (bicyclic) bond motifs is 2. The van der Waals surface area contributed by atoms with Crippen LogP contribution in [0.4, 0.5) is 0 Å². The molecule has 3 saturated carbocycles. The molecule has 4 aliphatic carbocycles. The third-order valence-electron chi connectivity index (χ3n) is 4.95. The maximum Gasteiger partial charge on any atom is 0.119 e. The lowest BCUT2D eigenvalue weighted by Gasteiger charge is -2.54. The molecule has 1 heteroatoms. The molecule has 0 aliphatic heterocycles. The minimum Gasteiger partial charge on any atom is -0.490 e. The van der Waals surface area contributed by atoms with Gasteiger partial charge in [-0.1, -0.05) is 30.4 Å². The zero-order chi connectivity index (χ0) is 11.2. The van der Waals surface area contributed by atoms with Crippen molar-refractivity contribution >= 4 is 0 Å². The largest absolute Gasteiger partial charge is 0.490 e. The van der Waals surface area contributed by atoms with Gasteiger partial charge in [-0.3, -0.25) is 0 Å². The highest BCUT2D eigenvalue weighted by Crippen LogP contribution is 2.54. The minimum atomic E-state index is 0.461. The van der Waals surface area contributed by atoms with Gasteiger partial charge in [-0.25, -0.2) is 0 Å². The van der Waals surface area contributed by atoms with Gasteiger partial charge < -0.3 is 4.74 Å². The summed E-state index contributed by atoms with van der Waals surface area (Å²) in [6, 6.07) is 10.3. The number of hydrogen-bond donors (Lipinski definition) is 0. The third kappa shape index (κ3) is 1.45. The van der Waals surface area contributed by atoms with Crippen molar-refractivity contribution in [3.63, 3.8) is 0 Å². The molecule has 0 unspecified atom stereocenters. The molecule has 0 heterocycles. The van der Waals surface area contributed by atoms with Crippen LogP contribution in [-0.4, -0.2) is 6.10 Å². The summed E-state index contributed by atoms with van der Waals surface area (Å²) in [5.74, 6) is 4.43. The van der Waals surface area contributed by atoms with Gasteiger partial charge in [-0.05, 0) is 49.1 Å². The summed E-state index contributed by atoms with van der Waals surface area (Å²) in [5, 5.41) is 0. The fraction of sp³-hybridized carbons (Fsp3) is 0.500. The van der Waals surface area contributed by atoms with Crippen molar-refractivity contribution in [1.82, 2.24) is 0 Å². The first kappa shape index (κ1) is 9.76. The fourth-order valence-corrected chi connectivity index (χ4v) is 4.05. The maximum atomic E-state index is 6.21. The maximum absolute atomic E-state index is 6.21. The molecule has 1 aromatic rings. The van der Waals surface area contributed by atoms with Gasteiger partial charge in [-0.15, -0.1) is 0 Å². The summed E-state index contributed by atoms with van der Waals surface area (Å²) in [5.41, 5.74) is 0. The molecule has 4 aliphatic rings. The van der Waals surface area contributed by atoms with Crippen LogP contribution in [0, 0.1) is 23.7 Å². The summed E-state index contributed by atoms with van der Waals surface area (Å²) in [7, 11) is 0. The molecule has 0 saturated heterocycles. The number of rotatable bonds is 2. The third-order valence-corrected chi connectivity index (χ3v) is 4.95. The molecule has 2 bridgehead atoms. The van der Waals surface area contributed by atoms with Gasteiger partial charge in [0.05, 0.1) is 0 Å². The van der Waals surface area contributed by atoms with E-state index >= 15 is 0 Å². The monoisotopic (exact) mass is 226 g/mol. The van der Waals surface area contributed by atoms with E-state index in [1.165, 1.54) is 19.3 Å². The molecule has 0 radical (unpaired) electrons. The van der Waals surface area contributed by atoms with Crippen molar-refractivity contribution in [2.45, 2.75) is 25.4 Å². The van der Waals surface area contributed by atoms with Gasteiger partial charge >= 0.3 is 0 Å². The molecule has 88 valence electrons. The summed E-state index contributed by atoms with van der Waals surface area (Å²) in [6.07, 6.45) is 9.37. The van der Waals surface area contributed by atoms with Crippen LogP contribution < -0.4 is 4.74 Å². The first-order chi connectivity index (χ1) is 8.42. The lowest BCUT2D eigenvalue weighted by atomic mass is 9.53. The summed E-state index contributed by atoms with van der Waals surface area (Å²) < 4.78 is 6.21. The number of hydrogen-bond acceptors (Lipinski definition) is 1. The minimum absolute atomic E-state index is 0.461. The Kier molecular flexibility index (Phi) is 2.08. The van der Waals surface area contributed by atoms with Crippen molar-refractivity contribution in [2.24, 2.45) is 23.7 Å². The summed E-state index contributed by atoms with van der Waals surface area (Å²) in [6.45, 7) is 0. The quantitative estimate of drug-likeness (QED) is 0.699. The molecule has 5 rings (SSSR count). The summed E-state index contributed by atoms with van der Waals surface area (Å²) >= 11 is 0. The van der Waals surface area contributed by atoms with Gasteiger partial charge in [0.25, 0.3) is 0 Å². The van der Waals surface area contributed by atoms with Gasteiger partial charge in [-0.2, -0.15) is 0 Å². The highest BCUT2D eigenvalue weighted by atomic mass is 16.5. The Morgan fingerprint density at radius 3 is 2.47 bits per heavy atom. The molecule has 1 aromatic carbocycles. The Bertz CT molecular complexity index is 436. The Morgan fingerprint density at radius 1 is 0.941 bits per heavy atom. The van der Waals surface area contributed by atoms with Crippen molar-refractivity contribution in [1.29, 1.82) is 0 Å². The van der Waals surface area contributed by atoms with Crippen molar-refractivity contribution < 1.29 is 4.74 Å². The number of para-hydroxylation sites is 1. The Morgan fingerprint density at radius 2 is 1.76 bits per heavy atom. The standard InChI is InChI=1S/C16H18O/c1-2-4-12(5-3-1)17-16-10-11-6-7-15(16)14-9-8-13(11)14/h1-5,8-9,11,13-16H,6-7,10H2/t11-,13+,14-,15-,16+/m0/s1. The SMILES string of the molecule is C1=C[C@H]2[C@H]1[C@H]1CC[C@@H]2[C@H](Oc2ccccc2)C1. The van der Waals surface area contributed by atoms with E-state index in [2.05, 4.69) is 36.4 Å². The molecule has 1 nitrogen and oxygen atoms in total. The predicted octanol–water partition coefficient (Wildman–Crippen LogP) is 3.67. The Hall–Kier alpha value is -1.24. The van der Waals surface area contributed by atoms with E-state index in [0.717, 1.165) is 29.4 Å². The van der Waals surface area contributed by atoms with Crippen LogP contribution in [0.15, 0.2) is 42.5 Å². The van der Waals surface area contributed by atoms with Crippen LogP contribution in [0.5, 0.6) is 5.75 Å². The van der Waals surface area contributed by atoms with Crippen molar-refractivity contribution in [3.8, 4) is 5.75 Å². The van der Waals surface area contributed by atoms with Crippen LogP contribution in [-0.2, 0) is 0 Å². The van der Waals surface area contributed by atoms with Crippen LogP contribution in [0.3, 0.4) is 0 Å². The molecule has 0 spiro atoms. The second-order valence-electron chi connectivity index (χ2n) is 5.75. The molecule has 3 fully saturated rings. The lowest BCUT2D eigenvalue weighted by Crippen LogP contribution is -2.51. The van der Waals surface area contributed by atoms with E-state index in [0.29, 0.717) is 6.10 Å². The summed E-state index contributed by atoms with van der Waals surface area (Å²) in [4.78, 5) is 0. The van der Waals surface area contributed by atoms with E-state index in [4.69, 9.17) is 4.74 Å². The van der Waals surface area contributed by atoms with Crippen LogP contribution in [0.25, 0.3) is 0 Å². The smallest absolute Gasteiger partial charge is 0.119 e. The topological polar surface area (TPSA) is 9.23 Å². The van der Waals surface area contributed by atoms with Gasteiger partial charge in [0.1, 0.15) is 11.9 Å². The second-order valence-corrected chi connectivity index (χ2v) is 5.75. The van der Waals surface area contributed by atoms with E-state index in [1.807, 2.05) is 6.07 Å². The molecular weight excluding hydrogens is 208 g/mol. The highest BCUT2D eigenvalue weighted by Gasteiger charge is 2.50. The number of benzene rings is 1. The molecule has 0 N–H and O–H groups in total. The molecular formula is C16H18O. The van der Waals surface area contributed by atoms with Crippen LogP contribution in [0.2, 0.25) is 0 Å². The molecule has 0 amide bonds. The average molecular weight is 226 g/mol. The first-order valence-electron chi connectivity index (χ1n) is 6.82. The van der Waals surface area contributed by atoms with E-state index in [9.17, 15) is 0 Å². The normalized spacial score (nSPS) is 41.8. The predicted molar refractivity (Wildman–Crippen MR) is 67.8 cm³/mol. The lowest BCUT2D eigenvalue weighted by molar-refractivity contribution is -0.0426.